The van der Waals surface area contributed by atoms with Crippen LogP contribution in [-0.2, 0) is 4.74 Å². The molecule has 1 N–H and O–H groups in total. The first-order valence-electron chi connectivity index (χ1n) is 7.77. The maximum absolute atomic E-state index is 11.2. The molecule has 0 bridgehead atoms. The third kappa shape index (κ3) is 3.74. The summed E-state index contributed by atoms with van der Waals surface area (Å²) in [5, 5.41) is 8.64. The Kier molecular flexibility index (Phi) is 4.89. The molecule has 0 fully saturated rings. The summed E-state index contributed by atoms with van der Waals surface area (Å²) in [4.78, 5) is 11.2. The van der Waals surface area contributed by atoms with Gasteiger partial charge in [-0.2, -0.15) is 10.2 Å². The molecule has 0 atom stereocenters. The van der Waals surface area contributed by atoms with E-state index < -0.39 is 6.09 Å². The number of ether oxygens (including phenoxy) is 1. The minimum atomic E-state index is -0.621. The molecule has 0 spiro atoms. The van der Waals surface area contributed by atoms with Gasteiger partial charge in [0, 0.05) is 17.3 Å². The Labute approximate surface area is 145 Å². The SMILES string of the molecule is COC(=O)N/N=C\c1cn(-c2ccccc2C)nc1-c1ccccc1. The minimum absolute atomic E-state index is 0.621. The number of carbonyl (C=O) groups excluding carboxylic acids is 1. The van der Waals surface area contributed by atoms with Gasteiger partial charge < -0.3 is 4.74 Å². The Hall–Kier alpha value is -3.41. The predicted octanol–water partition coefficient (Wildman–Crippen LogP) is 3.54. The quantitative estimate of drug-likeness (QED) is 0.586. The van der Waals surface area contributed by atoms with E-state index >= 15 is 0 Å². The van der Waals surface area contributed by atoms with Gasteiger partial charge in [-0.3, -0.25) is 0 Å². The van der Waals surface area contributed by atoms with Gasteiger partial charge in [-0.15, -0.1) is 0 Å². The number of para-hydroxylation sites is 1. The van der Waals surface area contributed by atoms with Gasteiger partial charge in [0.25, 0.3) is 0 Å². The van der Waals surface area contributed by atoms with E-state index in [1.165, 1.54) is 7.11 Å². The van der Waals surface area contributed by atoms with Crippen LogP contribution < -0.4 is 5.43 Å². The maximum atomic E-state index is 11.2. The van der Waals surface area contributed by atoms with Crippen molar-refractivity contribution < 1.29 is 9.53 Å². The number of amides is 1. The molecule has 6 heteroatoms. The molecular weight excluding hydrogens is 316 g/mol. The Balaban J connectivity index is 2.03. The number of carbonyl (C=O) groups is 1. The van der Waals surface area contributed by atoms with Crippen LogP contribution in [0.4, 0.5) is 4.79 Å². The maximum Gasteiger partial charge on any atom is 0.427 e. The number of hydrogen-bond donors (Lipinski definition) is 1. The fraction of sp³-hybridized carbons (Fsp3) is 0.105. The summed E-state index contributed by atoms with van der Waals surface area (Å²) >= 11 is 0. The largest absolute Gasteiger partial charge is 0.452 e. The van der Waals surface area contributed by atoms with E-state index in [0.717, 1.165) is 28.1 Å². The molecule has 1 aromatic heterocycles. The molecule has 0 aliphatic rings. The van der Waals surface area contributed by atoms with Gasteiger partial charge in [-0.1, -0.05) is 48.5 Å². The Morgan fingerprint density at radius 2 is 1.88 bits per heavy atom. The van der Waals surface area contributed by atoms with Gasteiger partial charge in [0.2, 0.25) is 0 Å². The number of rotatable bonds is 4. The third-order valence-electron chi connectivity index (χ3n) is 3.70. The van der Waals surface area contributed by atoms with Crippen LogP contribution in [0.5, 0.6) is 0 Å². The molecule has 0 radical (unpaired) electrons. The topological polar surface area (TPSA) is 68.5 Å². The van der Waals surface area contributed by atoms with Gasteiger partial charge in [0.1, 0.15) is 5.69 Å². The summed E-state index contributed by atoms with van der Waals surface area (Å²) in [5.41, 5.74) is 6.92. The first-order valence-corrected chi connectivity index (χ1v) is 7.77. The number of methoxy groups -OCH3 is 1. The molecular formula is C19H18N4O2. The molecule has 6 nitrogen and oxygen atoms in total. The molecule has 0 aliphatic carbocycles. The summed E-state index contributed by atoms with van der Waals surface area (Å²) in [7, 11) is 1.29. The summed E-state index contributed by atoms with van der Waals surface area (Å²) in [6.45, 7) is 2.03. The lowest BCUT2D eigenvalue weighted by atomic mass is 10.1. The Bertz CT molecular complexity index is 901. The lowest BCUT2D eigenvalue weighted by Crippen LogP contribution is -2.16. The normalized spacial score (nSPS) is 10.8. The number of nitrogens with zero attached hydrogens (tertiary/aromatic N) is 3. The zero-order valence-electron chi connectivity index (χ0n) is 14.0. The van der Waals surface area contributed by atoms with Crippen LogP contribution in [0.3, 0.4) is 0 Å². The van der Waals surface area contributed by atoms with Crippen molar-refractivity contribution in [3.8, 4) is 16.9 Å². The highest BCUT2D eigenvalue weighted by atomic mass is 16.5. The highest BCUT2D eigenvalue weighted by Gasteiger charge is 2.12. The highest BCUT2D eigenvalue weighted by Crippen LogP contribution is 2.23. The van der Waals surface area contributed by atoms with Crippen molar-refractivity contribution >= 4 is 12.3 Å². The molecule has 0 aliphatic heterocycles. The second kappa shape index (κ2) is 7.44. The third-order valence-corrected chi connectivity index (χ3v) is 3.70. The van der Waals surface area contributed by atoms with Crippen molar-refractivity contribution in [2.24, 2.45) is 5.10 Å². The fourth-order valence-electron chi connectivity index (χ4n) is 2.45. The first-order chi connectivity index (χ1) is 12.2. The average molecular weight is 334 g/mol. The van der Waals surface area contributed by atoms with Crippen LogP contribution in [0, 0.1) is 6.92 Å². The predicted molar refractivity (Wildman–Crippen MR) is 96.9 cm³/mol. The van der Waals surface area contributed by atoms with E-state index in [4.69, 9.17) is 5.10 Å². The standard InChI is InChI=1S/C19H18N4O2/c1-14-8-6-7-11-17(14)23-13-16(12-20-21-19(24)25-2)18(22-23)15-9-4-3-5-10-15/h3-13H,1-2H3,(H,21,24)/b20-12-. The highest BCUT2D eigenvalue weighted by molar-refractivity contribution is 5.89. The van der Waals surface area contributed by atoms with Crippen molar-refractivity contribution in [3.63, 3.8) is 0 Å². The van der Waals surface area contributed by atoms with E-state index in [9.17, 15) is 4.79 Å². The van der Waals surface area contributed by atoms with Gasteiger partial charge in [-0.05, 0) is 18.6 Å². The van der Waals surface area contributed by atoms with E-state index in [1.54, 1.807) is 6.21 Å². The van der Waals surface area contributed by atoms with Crippen LogP contribution in [-0.4, -0.2) is 29.2 Å². The molecule has 3 aromatic rings. The number of nitrogens with one attached hydrogen (secondary N) is 1. The molecule has 1 amide bonds. The van der Waals surface area contributed by atoms with Crippen molar-refractivity contribution in [1.82, 2.24) is 15.2 Å². The molecule has 1 heterocycles. The monoisotopic (exact) mass is 334 g/mol. The lowest BCUT2D eigenvalue weighted by molar-refractivity contribution is 0.171. The van der Waals surface area contributed by atoms with Crippen molar-refractivity contribution in [1.29, 1.82) is 0 Å². The lowest BCUT2D eigenvalue weighted by Gasteiger charge is -2.04. The number of benzene rings is 2. The summed E-state index contributed by atoms with van der Waals surface area (Å²) in [5.74, 6) is 0. The van der Waals surface area contributed by atoms with Crippen LogP contribution in [0.15, 0.2) is 65.9 Å². The zero-order chi connectivity index (χ0) is 17.6. The second-order valence-corrected chi connectivity index (χ2v) is 5.39. The first kappa shape index (κ1) is 16.4. The second-order valence-electron chi connectivity index (χ2n) is 5.39. The molecule has 126 valence electrons. The van der Waals surface area contributed by atoms with Crippen molar-refractivity contribution in [3.05, 3.63) is 71.9 Å². The van der Waals surface area contributed by atoms with Gasteiger partial charge >= 0.3 is 6.09 Å². The van der Waals surface area contributed by atoms with E-state index in [-0.39, 0.29) is 0 Å². The van der Waals surface area contributed by atoms with Gasteiger partial charge in [-0.25, -0.2) is 14.9 Å². The van der Waals surface area contributed by atoms with Crippen molar-refractivity contribution in [2.45, 2.75) is 6.92 Å². The number of hydrogen-bond acceptors (Lipinski definition) is 4. The number of hydrazone groups is 1. The van der Waals surface area contributed by atoms with Crippen LogP contribution >= 0.6 is 0 Å². The van der Waals surface area contributed by atoms with Gasteiger partial charge in [0.05, 0.1) is 19.0 Å². The zero-order valence-corrected chi connectivity index (χ0v) is 14.0. The Morgan fingerprint density at radius 1 is 1.16 bits per heavy atom. The smallest absolute Gasteiger partial charge is 0.427 e. The average Bonchev–Trinajstić information content (AvgIpc) is 3.06. The van der Waals surface area contributed by atoms with Crippen molar-refractivity contribution in [2.75, 3.05) is 7.11 Å². The Morgan fingerprint density at radius 3 is 2.60 bits per heavy atom. The van der Waals surface area contributed by atoms with E-state index in [2.05, 4.69) is 15.3 Å². The summed E-state index contributed by atoms with van der Waals surface area (Å²) in [6, 6.07) is 17.8. The molecule has 0 unspecified atom stereocenters. The number of aromatic nitrogens is 2. The molecule has 0 saturated carbocycles. The summed E-state index contributed by atoms with van der Waals surface area (Å²) < 4.78 is 6.33. The van der Waals surface area contributed by atoms with Gasteiger partial charge in [0.15, 0.2) is 0 Å². The van der Waals surface area contributed by atoms with Crippen LogP contribution in [0.2, 0.25) is 0 Å². The van der Waals surface area contributed by atoms with Crippen LogP contribution in [0.1, 0.15) is 11.1 Å². The minimum Gasteiger partial charge on any atom is -0.452 e. The molecule has 0 saturated heterocycles. The number of aryl methyl sites for hydroxylation is 1. The summed E-state index contributed by atoms with van der Waals surface area (Å²) in [6.07, 6.45) is 2.82. The molecule has 3 rings (SSSR count). The van der Waals surface area contributed by atoms with E-state index in [1.807, 2.05) is 72.4 Å². The fourth-order valence-corrected chi connectivity index (χ4v) is 2.45. The van der Waals surface area contributed by atoms with E-state index in [0.29, 0.717) is 0 Å². The molecule has 2 aromatic carbocycles. The van der Waals surface area contributed by atoms with Crippen LogP contribution in [0.25, 0.3) is 16.9 Å². The molecule has 25 heavy (non-hydrogen) atoms.